The van der Waals surface area contributed by atoms with Crippen LogP contribution in [0.3, 0.4) is 0 Å². The summed E-state index contributed by atoms with van der Waals surface area (Å²) >= 11 is 1.67. The second-order valence-electron chi connectivity index (χ2n) is 5.31. The quantitative estimate of drug-likeness (QED) is 0.799. The Morgan fingerprint density at radius 2 is 1.95 bits per heavy atom. The molecule has 4 heteroatoms. The average Bonchev–Trinajstić information content (AvgIpc) is 3.12. The van der Waals surface area contributed by atoms with Crippen LogP contribution < -0.4 is 5.32 Å². The van der Waals surface area contributed by atoms with E-state index >= 15 is 0 Å². The normalized spacial score (nSPS) is 17.3. The number of halogens is 2. The molecule has 1 nitrogen and oxygen atoms in total. The van der Waals surface area contributed by atoms with Crippen molar-refractivity contribution in [3.8, 4) is 0 Å². The van der Waals surface area contributed by atoms with Gasteiger partial charge in [0.05, 0.1) is 11.7 Å². The van der Waals surface area contributed by atoms with Crippen LogP contribution in [-0.4, -0.2) is 0 Å². The monoisotopic (exact) mass is 293 g/mol. The van der Waals surface area contributed by atoms with Crippen LogP contribution in [0.15, 0.2) is 35.7 Å². The minimum atomic E-state index is -0.412. The number of rotatable bonds is 4. The third kappa shape index (κ3) is 2.85. The lowest BCUT2D eigenvalue weighted by atomic mass is 9.96. The van der Waals surface area contributed by atoms with Gasteiger partial charge in [-0.3, -0.25) is 0 Å². The number of benzene rings is 1. The zero-order chi connectivity index (χ0) is 13.9. The van der Waals surface area contributed by atoms with E-state index in [1.165, 1.54) is 29.9 Å². The van der Waals surface area contributed by atoms with E-state index in [0.717, 1.165) is 18.9 Å². The van der Waals surface area contributed by atoms with Gasteiger partial charge in [0.15, 0.2) is 0 Å². The molecule has 2 aromatic rings. The molecular formula is C16H17F2NS. The summed E-state index contributed by atoms with van der Waals surface area (Å²) in [4.78, 5) is 1.19. The van der Waals surface area contributed by atoms with Gasteiger partial charge in [-0.05, 0) is 48.4 Å². The van der Waals surface area contributed by atoms with Gasteiger partial charge in [-0.25, -0.2) is 8.78 Å². The second-order valence-corrected chi connectivity index (χ2v) is 6.29. The molecule has 20 heavy (non-hydrogen) atoms. The Kier molecular flexibility index (Phi) is 4.01. The van der Waals surface area contributed by atoms with Crippen LogP contribution in [0.4, 0.5) is 14.5 Å². The first-order valence-corrected chi connectivity index (χ1v) is 7.87. The number of hydrogen-bond acceptors (Lipinski definition) is 2. The Balaban J connectivity index is 1.88. The molecule has 0 spiro atoms. The van der Waals surface area contributed by atoms with Crippen LogP contribution >= 0.6 is 11.3 Å². The van der Waals surface area contributed by atoms with E-state index in [1.54, 1.807) is 11.3 Å². The summed E-state index contributed by atoms with van der Waals surface area (Å²) in [6, 6.07) is 7.72. The van der Waals surface area contributed by atoms with Crippen LogP contribution in [0.25, 0.3) is 0 Å². The van der Waals surface area contributed by atoms with Crippen molar-refractivity contribution in [3.63, 3.8) is 0 Å². The highest BCUT2D eigenvalue weighted by Gasteiger charge is 2.27. The maximum atomic E-state index is 13.8. The zero-order valence-corrected chi connectivity index (χ0v) is 11.9. The summed E-state index contributed by atoms with van der Waals surface area (Å²) in [7, 11) is 0. The lowest BCUT2D eigenvalue weighted by Gasteiger charge is -2.25. The van der Waals surface area contributed by atoms with Gasteiger partial charge in [0.1, 0.15) is 11.6 Å². The molecule has 0 bridgehead atoms. The number of thiophene rings is 1. The highest BCUT2D eigenvalue weighted by molar-refractivity contribution is 7.10. The summed E-state index contributed by atoms with van der Waals surface area (Å²) in [5, 5.41) is 5.26. The fourth-order valence-corrected chi connectivity index (χ4v) is 3.83. The molecule has 106 valence electrons. The van der Waals surface area contributed by atoms with Crippen LogP contribution in [0.5, 0.6) is 0 Å². The molecular weight excluding hydrogens is 276 g/mol. The van der Waals surface area contributed by atoms with Gasteiger partial charge in [-0.15, -0.1) is 11.3 Å². The summed E-state index contributed by atoms with van der Waals surface area (Å²) in [6.07, 6.45) is 4.73. The zero-order valence-electron chi connectivity index (χ0n) is 11.1. The Hall–Kier alpha value is -1.42. The molecule has 1 aromatic heterocycles. The maximum absolute atomic E-state index is 13.8. The molecule has 1 aromatic carbocycles. The highest BCUT2D eigenvalue weighted by Crippen LogP contribution is 2.39. The molecule has 1 aliphatic rings. The van der Waals surface area contributed by atoms with Crippen molar-refractivity contribution in [2.24, 2.45) is 5.92 Å². The van der Waals surface area contributed by atoms with E-state index in [-0.39, 0.29) is 11.7 Å². The molecule has 0 saturated heterocycles. The molecule has 0 radical (unpaired) electrons. The highest BCUT2D eigenvalue weighted by atomic mass is 32.1. The van der Waals surface area contributed by atoms with Crippen LogP contribution in [0.2, 0.25) is 0 Å². The van der Waals surface area contributed by atoms with Gasteiger partial charge in [-0.1, -0.05) is 18.9 Å². The Morgan fingerprint density at radius 3 is 2.65 bits per heavy atom. The predicted molar refractivity (Wildman–Crippen MR) is 79.0 cm³/mol. The van der Waals surface area contributed by atoms with Crippen molar-refractivity contribution in [2.75, 3.05) is 5.32 Å². The minimum absolute atomic E-state index is 0.0776. The average molecular weight is 293 g/mol. The van der Waals surface area contributed by atoms with Crippen molar-refractivity contribution in [1.82, 2.24) is 0 Å². The summed E-state index contributed by atoms with van der Waals surface area (Å²) in [6.45, 7) is 0. The van der Waals surface area contributed by atoms with Crippen molar-refractivity contribution in [3.05, 3.63) is 52.2 Å². The molecule has 1 fully saturated rings. The SMILES string of the molecule is Fc1ccc(F)c(NC(c2cccs2)C2CCCC2)c1. The molecule has 1 heterocycles. The fraction of sp³-hybridized carbons (Fsp3) is 0.375. The van der Waals surface area contributed by atoms with E-state index < -0.39 is 11.6 Å². The van der Waals surface area contributed by atoms with Gasteiger partial charge < -0.3 is 5.32 Å². The van der Waals surface area contributed by atoms with Gasteiger partial charge in [-0.2, -0.15) is 0 Å². The summed E-state index contributed by atoms with van der Waals surface area (Å²) < 4.78 is 27.1. The van der Waals surface area contributed by atoms with Gasteiger partial charge >= 0.3 is 0 Å². The fourth-order valence-electron chi connectivity index (χ4n) is 2.96. The Morgan fingerprint density at radius 1 is 1.15 bits per heavy atom. The number of anilines is 1. The third-order valence-electron chi connectivity index (χ3n) is 3.96. The second kappa shape index (κ2) is 5.92. The molecule has 1 saturated carbocycles. The van der Waals surface area contributed by atoms with E-state index in [0.29, 0.717) is 5.92 Å². The van der Waals surface area contributed by atoms with E-state index in [2.05, 4.69) is 11.4 Å². The van der Waals surface area contributed by atoms with Gasteiger partial charge in [0, 0.05) is 4.88 Å². The van der Waals surface area contributed by atoms with Crippen molar-refractivity contribution >= 4 is 17.0 Å². The van der Waals surface area contributed by atoms with Gasteiger partial charge in [0.25, 0.3) is 0 Å². The number of hydrogen-bond donors (Lipinski definition) is 1. The largest absolute Gasteiger partial charge is 0.375 e. The van der Waals surface area contributed by atoms with E-state index in [1.807, 2.05) is 11.4 Å². The summed E-state index contributed by atoms with van der Waals surface area (Å²) in [5.41, 5.74) is 0.260. The van der Waals surface area contributed by atoms with Crippen molar-refractivity contribution in [2.45, 2.75) is 31.7 Å². The van der Waals surface area contributed by atoms with Crippen LogP contribution in [0.1, 0.15) is 36.6 Å². The predicted octanol–water partition coefficient (Wildman–Crippen LogP) is 5.37. The van der Waals surface area contributed by atoms with E-state index in [4.69, 9.17) is 0 Å². The summed E-state index contributed by atoms with van der Waals surface area (Å²) in [5.74, 6) is -0.312. The molecule has 3 rings (SSSR count). The van der Waals surface area contributed by atoms with Gasteiger partial charge in [0.2, 0.25) is 0 Å². The minimum Gasteiger partial charge on any atom is -0.375 e. The van der Waals surface area contributed by atoms with Crippen LogP contribution in [0, 0.1) is 17.6 Å². The molecule has 1 atom stereocenters. The molecule has 1 N–H and O–H groups in total. The molecule has 1 aliphatic carbocycles. The molecule has 0 aliphatic heterocycles. The topological polar surface area (TPSA) is 12.0 Å². The van der Waals surface area contributed by atoms with Crippen molar-refractivity contribution < 1.29 is 8.78 Å². The smallest absolute Gasteiger partial charge is 0.146 e. The Bertz CT molecular complexity index is 562. The van der Waals surface area contributed by atoms with Crippen LogP contribution in [-0.2, 0) is 0 Å². The first-order valence-electron chi connectivity index (χ1n) is 6.99. The lowest BCUT2D eigenvalue weighted by Crippen LogP contribution is -2.18. The van der Waals surface area contributed by atoms with Crippen molar-refractivity contribution in [1.29, 1.82) is 0 Å². The number of nitrogens with one attached hydrogen (secondary N) is 1. The molecule has 1 unspecified atom stereocenters. The first-order chi connectivity index (χ1) is 9.74. The standard InChI is InChI=1S/C16H17F2NS/c17-12-7-8-13(18)14(10-12)19-16(11-4-1-2-5-11)15-6-3-9-20-15/h3,6-11,16,19H,1-2,4-5H2. The molecule has 0 amide bonds. The maximum Gasteiger partial charge on any atom is 0.146 e. The first kappa shape index (κ1) is 13.6. The Labute approximate surface area is 121 Å². The third-order valence-corrected chi connectivity index (χ3v) is 4.92. The lowest BCUT2D eigenvalue weighted by molar-refractivity contribution is 0.472. The van der Waals surface area contributed by atoms with E-state index in [9.17, 15) is 8.78 Å².